The fourth-order valence-electron chi connectivity index (χ4n) is 3.73. The van der Waals surface area contributed by atoms with Crippen molar-refractivity contribution >= 4 is 0 Å². The third-order valence-corrected chi connectivity index (χ3v) is 4.71. The van der Waals surface area contributed by atoms with Crippen molar-refractivity contribution in [3.8, 4) is 0 Å². The van der Waals surface area contributed by atoms with Gasteiger partial charge in [-0.3, -0.25) is 4.90 Å². The molecule has 2 fully saturated rings. The monoisotopic (exact) mass is 238 g/mol. The van der Waals surface area contributed by atoms with Gasteiger partial charge in [-0.1, -0.05) is 20.3 Å². The zero-order valence-electron chi connectivity index (χ0n) is 11.8. The fraction of sp³-hybridized carbons (Fsp3) is 1.00. The Morgan fingerprint density at radius 1 is 0.941 bits per heavy atom. The summed E-state index contributed by atoms with van der Waals surface area (Å²) >= 11 is 0. The van der Waals surface area contributed by atoms with Gasteiger partial charge in [-0.15, -0.1) is 0 Å². The van der Waals surface area contributed by atoms with Gasteiger partial charge in [-0.05, 0) is 64.7 Å². The first-order chi connectivity index (χ1) is 8.35. The molecule has 0 aromatic rings. The van der Waals surface area contributed by atoms with Crippen LogP contribution in [0.1, 0.15) is 58.8 Å². The van der Waals surface area contributed by atoms with E-state index in [0.29, 0.717) is 0 Å². The van der Waals surface area contributed by atoms with E-state index in [0.717, 1.165) is 12.1 Å². The summed E-state index contributed by atoms with van der Waals surface area (Å²) in [5, 5.41) is 0. The van der Waals surface area contributed by atoms with E-state index in [1.54, 1.807) is 0 Å². The summed E-state index contributed by atoms with van der Waals surface area (Å²) in [4.78, 5) is 5.51. The van der Waals surface area contributed by atoms with Crippen LogP contribution in [-0.2, 0) is 0 Å². The van der Waals surface area contributed by atoms with Crippen molar-refractivity contribution in [1.29, 1.82) is 0 Å². The van der Waals surface area contributed by atoms with Crippen molar-refractivity contribution in [1.82, 2.24) is 9.80 Å². The van der Waals surface area contributed by atoms with Crippen LogP contribution in [0.3, 0.4) is 0 Å². The highest BCUT2D eigenvalue weighted by Gasteiger charge is 2.29. The van der Waals surface area contributed by atoms with Crippen LogP contribution in [0.4, 0.5) is 0 Å². The van der Waals surface area contributed by atoms with Crippen LogP contribution in [0.15, 0.2) is 0 Å². The van der Waals surface area contributed by atoms with Gasteiger partial charge in [0.2, 0.25) is 0 Å². The molecule has 0 N–H and O–H groups in total. The predicted molar refractivity (Wildman–Crippen MR) is 74.4 cm³/mol. The molecule has 2 heterocycles. The lowest BCUT2D eigenvalue weighted by molar-refractivity contribution is 0.0488. The minimum absolute atomic E-state index is 0.895. The Labute approximate surface area is 107 Å². The van der Waals surface area contributed by atoms with Crippen LogP contribution in [-0.4, -0.2) is 48.1 Å². The van der Waals surface area contributed by atoms with E-state index in [1.165, 1.54) is 71.1 Å². The molecule has 2 aliphatic heterocycles. The van der Waals surface area contributed by atoms with Gasteiger partial charge in [-0.25, -0.2) is 0 Å². The molecular formula is C15H30N2. The van der Waals surface area contributed by atoms with Gasteiger partial charge in [-0.2, -0.15) is 0 Å². The Kier molecular flexibility index (Phi) is 5.30. The molecule has 2 saturated heterocycles. The highest BCUT2D eigenvalue weighted by Crippen LogP contribution is 2.26. The topological polar surface area (TPSA) is 6.48 Å². The second kappa shape index (κ2) is 6.75. The lowest BCUT2D eigenvalue weighted by Gasteiger charge is -2.44. The minimum Gasteiger partial charge on any atom is -0.303 e. The molecule has 17 heavy (non-hydrogen) atoms. The summed E-state index contributed by atoms with van der Waals surface area (Å²) in [5.74, 6) is 0. The number of piperidine rings is 2. The van der Waals surface area contributed by atoms with Crippen LogP contribution >= 0.6 is 0 Å². The number of rotatable bonds is 4. The first kappa shape index (κ1) is 13.4. The largest absolute Gasteiger partial charge is 0.303 e. The van der Waals surface area contributed by atoms with E-state index in [1.807, 2.05) is 0 Å². The molecule has 0 unspecified atom stereocenters. The third-order valence-electron chi connectivity index (χ3n) is 4.71. The lowest BCUT2D eigenvalue weighted by Crippen LogP contribution is -2.50. The summed E-state index contributed by atoms with van der Waals surface area (Å²) < 4.78 is 0. The Bertz CT molecular complexity index is 209. The second-order valence-electron chi connectivity index (χ2n) is 5.87. The van der Waals surface area contributed by atoms with Crippen LogP contribution < -0.4 is 0 Å². The molecule has 0 radical (unpaired) electrons. The summed E-state index contributed by atoms with van der Waals surface area (Å²) in [6.45, 7) is 10.0. The van der Waals surface area contributed by atoms with Gasteiger partial charge < -0.3 is 4.90 Å². The first-order valence-electron chi connectivity index (χ1n) is 7.83. The molecule has 2 aliphatic rings. The molecule has 0 bridgehead atoms. The van der Waals surface area contributed by atoms with Crippen molar-refractivity contribution in [2.75, 3.05) is 26.2 Å². The Morgan fingerprint density at radius 3 is 2.35 bits per heavy atom. The van der Waals surface area contributed by atoms with Gasteiger partial charge >= 0.3 is 0 Å². The zero-order valence-corrected chi connectivity index (χ0v) is 11.8. The molecule has 0 amide bonds. The molecule has 100 valence electrons. The number of hydrogen-bond donors (Lipinski definition) is 0. The standard InChI is InChI=1S/C15H30N2/c1-3-10-16-12-8-15(9-13-16)17-11-6-5-7-14(17)4-2/h14-15H,3-13H2,1-2H3/t14-/m0/s1. The Hall–Kier alpha value is -0.0800. The van der Waals surface area contributed by atoms with E-state index in [-0.39, 0.29) is 0 Å². The number of hydrogen-bond acceptors (Lipinski definition) is 2. The summed E-state index contributed by atoms with van der Waals surface area (Å²) in [5.41, 5.74) is 0. The second-order valence-corrected chi connectivity index (χ2v) is 5.87. The Morgan fingerprint density at radius 2 is 1.71 bits per heavy atom. The molecule has 2 heteroatoms. The normalized spacial score (nSPS) is 29.6. The van der Waals surface area contributed by atoms with Crippen LogP contribution in [0.2, 0.25) is 0 Å². The average molecular weight is 238 g/mol. The molecule has 2 rings (SSSR count). The van der Waals surface area contributed by atoms with Gasteiger partial charge in [0, 0.05) is 12.1 Å². The van der Waals surface area contributed by atoms with Gasteiger partial charge in [0.05, 0.1) is 0 Å². The van der Waals surface area contributed by atoms with Crippen molar-refractivity contribution in [2.45, 2.75) is 70.9 Å². The smallest absolute Gasteiger partial charge is 0.0122 e. The van der Waals surface area contributed by atoms with E-state index in [9.17, 15) is 0 Å². The third kappa shape index (κ3) is 3.45. The SMILES string of the molecule is CCCN1CCC(N2CCCC[C@@H]2CC)CC1. The highest BCUT2D eigenvalue weighted by molar-refractivity contribution is 4.86. The minimum atomic E-state index is 0.895. The molecular weight excluding hydrogens is 208 g/mol. The van der Waals surface area contributed by atoms with Gasteiger partial charge in [0.15, 0.2) is 0 Å². The quantitative estimate of drug-likeness (QED) is 0.742. The molecule has 2 nitrogen and oxygen atoms in total. The number of likely N-dealkylation sites (tertiary alicyclic amines) is 2. The van der Waals surface area contributed by atoms with Gasteiger partial charge in [0.1, 0.15) is 0 Å². The van der Waals surface area contributed by atoms with E-state index < -0.39 is 0 Å². The molecule has 0 spiro atoms. The summed E-state index contributed by atoms with van der Waals surface area (Å²) in [6, 6.07) is 1.79. The van der Waals surface area contributed by atoms with Crippen LogP contribution in [0.25, 0.3) is 0 Å². The summed E-state index contributed by atoms with van der Waals surface area (Å²) in [6.07, 6.45) is 9.84. The van der Waals surface area contributed by atoms with Crippen LogP contribution in [0, 0.1) is 0 Å². The molecule has 0 aromatic carbocycles. The highest BCUT2D eigenvalue weighted by atomic mass is 15.2. The predicted octanol–water partition coefficient (Wildman–Crippen LogP) is 3.13. The fourth-order valence-corrected chi connectivity index (χ4v) is 3.73. The van der Waals surface area contributed by atoms with Crippen molar-refractivity contribution in [3.63, 3.8) is 0 Å². The Balaban J connectivity index is 1.82. The van der Waals surface area contributed by atoms with Crippen LogP contribution in [0.5, 0.6) is 0 Å². The van der Waals surface area contributed by atoms with E-state index >= 15 is 0 Å². The molecule has 0 aromatic heterocycles. The average Bonchev–Trinajstić information content (AvgIpc) is 2.40. The van der Waals surface area contributed by atoms with Crippen molar-refractivity contribution < 1.29 is 0 Å². The maximum absolute atomic E-state index is 2.85. The van der Waals surface area contributed by atoms with Crippen molar-refractivity contribution in [3.05, 3.63) is 0 Å². The lowest BCUT2D eigenvalue weighted by atomic mass is 9.94. The van der Waals surface area contributed by atoms with Crippen molar-refractivity contribution in [2.24, 2.45) is 0 Å². The zero-order chi connectivity index (χ0) is 12.1. The molecule has 1 atom stereocenters. The molecule has 0 aliphatic carbocycles. The first-order valence-corrected chi connectivity index (χ1v) is 7.83. The molecule has 0 saturated carbocycles. The van der Waals surface area contributed by atoms with Gasteiger partial charge in [0.25, 0.3) is 0 Å². The van der Waals surface area contributed by atoms with E-state index in [4.69, 9.17) is 0 Å². The van der Waals surface area contributed by atoms with E-state index in [2.05, 4.69) is 23.6 Å². The maximum atomic E-state index is 2.85. The maximum Gasteiger partial charge on any atom is 0.0122 e. The summed E-state index contributed by atoms with van der Waals surface area (Å²) in [7, 11) is 0. The number of nitrogens with zero attached hydrogens (tertiary/aromatic N) is 2.